The first-order chi connectivity index (χ1) is 15.1. The van der Waals surface area contributed by atoms with E-state index in [4.69, 9.17) is 16.3 Å². The Kier molecular flexibility index (Phi) is 5.21. The van der Waals surface area contributed by atoms with Crippen LogP contribution in [0.2, 0.25) is 5.02 Å². The van der Waals surface area contributed by atoms with Gasteiger partial charge < -0.3 is 20.3 Å². The summed E-state index contributed by atoms with van der Waals surface area (Å²) in [6.07, 6.45) is 4.94. The average Bonchev–Trinajstić information content (AvgIpc) is 3.13. The van der Waals surface area contributed by atoms with Gasteiger partial charge in [-0.2, -0.15) is 10.1 Å². The average molecular weight is 440 g/mol. The van der Waals surface area contributed by atoms with E-state index < -0.39 is 0 Å². The molecule has 3 aromatic rings. The standard InChI is InChI=1S/C21H22ClN7O2/c22-17-8-24-20(27-19(17)23-6-15-4-2-1-3-5-15)26-16-7-25-29(9-16)10-18(30)28-11-21(12-28)13-31-14-21/h1-5,7-9H,6,10-14H2,(H2,23,24,26,27). The third-order valence-electron chi connectivity index (χ3n) is 5.46. The van der Waals surface area contributed by atoms with E-state index in [0.29, 0.717) is 29.0 Å². The lowest BCUT2D eigenvalue weighted by Gasteiger charge is -2.54. The number of nitrogens with one attached hydrogen (secondary N) is 2. The maximum atomic E-state index is 12.4. The molecule has 0 unspecified atom stereocenters. The molecule has 0 radical (unpaired) electrons. The number of amides is 1. The number of hydrogen-bond acceptors (Lipinski definition) is 7. The smallest absolute Gasteiger partial charge is 0.244 e. The Morgan fingerprint density at radius 3 is 2.74 bits per heavy atom. The second-order valence-corrected chi connectivity index (χ2v) is 8.43. The van der Waals surface area contributed by atoms with E-state index in [-0.39, 0.29) is 17.9 Å². The van der Waals surface area contributed by atoms with Crippen LogP contribution in [0.15, 0.2) is 48.9 Å². The highest BCUT2D eigenvalue weighted by Gasteiger charge is 2.50. The molecule has 1 aromatic carbocycles. The molecule has 1 amide bonds. The molecule has 31 heavy (non-hydrogen) atoms. The normalized spacial score (nSPS) is 16.5. The van der Waals surface area contributed by atoms with Crippen molar-refractivity contribution in [3.05, 3.63) is 59.5 Å². The van der Waals surface area contributed by atoms with Crippen molar-refractivity contribution in [2.24, 2.45) is 5.41 Å². The zero-order valence-corrected chi connectivity index (χ0v) is 17.5. The van der Waals surface area contributed by atoms with Crippen molar-refractivity contribution in [3.8, 4) is 0 Å². The molecule has 5 rings (SSSR count). The highest BCUT2D eigenvalue weighted by molar-refractivity contribution is 6.32. The van der Waals surface area contributed by atoms with Crippen molar-refractivity contribution >= 4 is 35.0 Å². The van der Waals surface area contributed by atoms with Gasteiger partial charge in [-0.25, -0.2) is 4.98 Å². The van der Waals surface area contributed by atoms with Crippen molar-refractivity contribution in [1.29, 1.82) is 0 Å². The maximum Gasteiger partial charge on any atom is 0.244 e. The van der Waals surface area contributed by atoms with Crippen LogP contribution in [0.4, 0.5) is 17.5 Å². The minimum atomic E-state index is 0.0577. The van der Waals surface area contributed by atoms with E-state index in [0.717, 1.165) is 31.9 Å². The first-order valence-electron chi connectivity index (χ1n) is 10.0. The molecular formula is C21H22ClN7O2. The summed E-state index contributed by atoms with van der Waals surface area (Å²) in [6, 6.07) is 9.99. The molecule has 0 atom stereocenters. The van der Waals surface area contributed by atoms with Gasteiger partial charge >= 0.3 is 0 Å². The first-order valence-corrected chi connectivity index (χ1v) is 10.4. The van der Waals surface area contributed by atoms with Gasteiger partial charge in [0.1, 0.15) is 11.6 Å². The number of benzene rings is 1. The minimum absolute atomic E-state index is 0.0577. The number of rotatable bonds is 7. The Morgan fingerprint density at radius 1 is 1.19 bits per heavy atom. The number of carbonyl (C=O) groups excluding carboxylic acids is 1. The third kappa shape index (κ3) is 4.33. The molecule has 2 fully saturated rings. The van der Waals surface area contributed by atoms with Gasteiger partial charge in [0.15, 0.2) is 5.82 Å². The molecule has 4 heterocycles. The Hall–Kier alpha value is -3.17. The molecule has 0 aliphatic carbocycles. The molecule has 2 N–H and O–H groups in total. The summed E-state index contributed by atoms with van der Waals surface area (Å²) in [5, 5.41) is 11.0. The zero-order valence-electron chi connectivity index (χ0n) is 16.8. The summed E-state index contributed by atoms with van der Waals surface area (Å²) in [4.78, 5) is 22.9. The summed E-state index contributed by atoms with van der Waals surface area (Å²) < 4.78 is 6.86. The fourth-order valence-corrected chi connectivity index (χ4v) is 3.89. The highest BCUT2D eigenvalue weighted by Crippen LogP contribution is 2.37. The number of likely N-dealkylation sites (tertiary alicyclic amines) is 1. The molecule has 9 nitrogen and oxygen atoms in total. The van der Waals surface area contributed by atoms with E-state index in [2.05, 4.69) is 25.7 Å². The second-order valence-electron chi connectivity index (χ2n) is 8.02. The predicted octanol–water partition coefficient (Wildman–Crippen LogP) is 2.54. The molecule has 0 bridgehead atoms. The highest BCUT2D eigenvalue weighted by atomic mass is 35.5. The third-order valence-corrected chi connectivity index (χ3v) is 5.73. The fraction of sp³-hybridized carbons (Fsp3) is 0.333. The van der Waals surface area contributed by atoms with Gasteiger partial charge in [-0.15, -0.1) is 0 Å². The Labute approximate surface area is 184 Å². The van der Waals surface area contributed by atoms with Gasteiger partial charge in [-0.3, -0.25) is 9.48 Å². The lowest BCUT2D eigenvalue weighted by atomic mass is 9.78. The van der Waals surface area contributed by atoms with Crippen LogP contribution in [0.5, 0.6) is 0 Å². The summed E-state index contributed by atoms with van der Waals surface area (Å²) in [5.74, 6) is 0.986. The lowest BCUT2D eigenvalue weighted by molar-refractivity contribution is -0.195. The largest absolute Gasteiger partial charge is 0.380 e. The predicted molar refractivity (Wildman–Crippen MR) is 116 cm³/mol. The molecule has 2 aliphatic rings. The van der Waals surface area contributed by atoms with Crippen LogP contribution in [0.25, 0.3) is 0 Å². The van der Waals surface area contributed by atoms with Crippen LogP contribution >= 0.6 is 11.6 Å². The molecule has 0 saturated carbocycles. The minimum Gasteiger partial charge on any atom is -0.380 e. The monoisotopic (exact) mass is 439 g/mol. The summed E-state index contributed by atoms with van der Waals surface area (Å²) in [5.41, 5.74) is 2.03. The number of ether oxygens (including phenoxy) is 1. The van der Waals surface area contributed by atoms with Crippen LogP contribution in [-0.4, -0.2) is 56.9 Å². The van der Waals surface area contributed by atoms with E-state index in [1.807, 2.05) is 35.2 Å². The number of hydrogen-bond donors (Lipinski definition) is 2. The van der Waals surface area contributed by atoms with Gasteiger partial charge in [0, 0.05) is 25.8 Å². The number of nitrogens with zero attached hydrogens (tertiary/aromatic N) is 5. The van der Waals surface area contributed by atoms with E-state index in [1.54, 1.807) is 23.3 Å². The molecule has 2 aliphatic heterocycles. The maximum absolute atomic E-state index is 12.4. The second kappa shape index (κ2) is 8.16. The Bertz CT molecular complexity index is 1080. The van der Waals surface area contributed by atoms with Crippen molar-refractivity contribution in [2.45, 2.75) is 13.1 Å². The summed E-state index contributed by atoms with van der Waals surface area (Å²) in [7, 11) is 0. The van der Waals surface area contributed by atoms with Gasteiger partial charge in [-0.05, 0) is 5.56 Å². The number of anilines is 3. The molecular weight excluding hydrogens is 418 g/mol. The van der Waals surface area contributed by atoms with Gasteiger partial charge in [0.2, 0.25) is 11.9 Å². The van der Waals surface area contributed by atoms with Gasteiger partial charge in [0.05, 0.1) is 36.7 Å². The van der Waals surface area contributed by atoms with Crippen LogP contribution < -0.4 is 10.6 Å². The van der Waals surface area contributed by atoms with Crippen molar-refractivity contribution < 1.29 is 9.53 Å². The van der Waals surface area contributed by atoms with Crippen LogP contribution in [0, 0.1) is 5.41 Å². The topological polar surface area (TPSA) is 97.2 Å². The molecule has 160 valence electrons. The lowest BCUT2D eigenvalue weighted by Crippen LogP contribution is -2.67. The molecule has 2 aromatic heterocycles. The van der Waals surface area contributed by atoms with Crippen LogP contribution in [0.1, 0.15) is 5.56 Å². The number of carbonyl (C=O) groups is 1. The van der Waals surface area contributed by atoms with Crippen molar-refractivity contribution in [1.82, 2.24) is 24.6 Å². The quantitative estimate of drug-likeness (QED) is 0.583. The summed E-state index contributed by atoms with van der Waals surface area (Å²) >= 11 is 6.23. The van der Waals surface area contributed by atoms with Crippen molar-refractivity contribution in [2.75, 3.05) is 36.9 Å². The molecule has 1 spiro atoms. The van der Waals surface area contributed by atoms with E-state index >= 15 is 0 Å². The van der Waals surface area contributed by atoms with Gasteiger partial charge in [-0.1, -0.05) is 41.9 Å². The Morgan fingerprint density at radius 2 is 2.00 bits per heavy atom. The van der Waals surface area contributed by atoms with E-state index in [9.17, 15) is 4.79 Å². The van der Waals surface area contributed by atoms with E-state index in [1.165, 1.54) is 0 Å². The summed E-state index contributed by atoms with van der Waals surface area (Å²) in [6.45, 7) is 3.86. The SMILES string of the molecule is O=C(Cn1cc(Nc2ncc(Cl)c(NCc3ccccc3)n2)cn1)N1CC2(COC2)C1. The first kappa shape index (κ1) is 19.8. The van der Waals surface area contributed by atoms with Crippen molar-refractivity contribution in [3.63, 3.8) is 0 Å². The van der Waals surface area contributed by atoms with Crippen LogP contribution in [0.3, 0.4) is 0 Å². The Balaban J connectivity index is 1.17. The van der Waals surface area contributed by atoms with Crippen LogP contribution in [-0.2, 0) is 22.6 Å². The number of aromatic nitrogens is 4. The fourth-order valence-electron chi connectivity index (χ4n) is 3.73. The zero-order chi connectivity index (χ0) is 21.3. The van der Waals surface area contributed by atoms with Gasteiger partial charge in [0.25, 0.3) is 0 Å². The molecule has 2 saturated heterocycles. The molecule has 10 heteroatoms. The number of halogens is 1.